The first-order chi connectivity index (χ1) is 10.1. The van der Waals surface area contributed by atoms with Crippen LogP contribution in [-0.4, -0.2) is 31.8 Å². The van der Waals surface area contributed by atoms with Gasteiger partial charge in [0.1, 0.15) is 0 Å². The molecule has 0 aliphatic rings. The lowest BCUT2D eigenvalue weighted by molar-refractivity contribution is 0.112. The third-order valence-electron chi connectivity index (χ3n) is 3.25. The zero-order valence-electron chi connectivity index (χ0n) is 12.5. The quantitative estimate of drug-likeness (QED) is 0.797. The van der Waals surface area contributed by atoms with Crippen LogP contribution in [0.5, 0.6) is 0 Å². The second-order valence-electron chi connectivity index (χ2n) is 5.32. The molecule has 2 aromatic rings. The molecule has 110 valence electrons. The van der Waals surface area contributed by atoms with Crippen LogP contribution in [0.3, 0.4) is 0 Å². The number of nitrogens with zero attached hydrogens (tertiary/aromatic N) is 1. The lowest BCUT2D eigenvalue weighted by Crippen LogP contribution is -2.21. The van der Waals surface area contributed by atoms with Crippen molar-refractivity contribution in [3.8, 4) is 0 Å². The third kappa shape index (κ3) is 3.83. The SMILES string of the molecule is CN(C)C/C(N)=C/NCc1ccc(C=O)c2ccccc12. The summed E-state index contributed by atoms with van der Waals surface area (Å²) in [6.45, 7) is 1.39. The van der Waals surface area contributed by atoms with E-state index in [0.717, 1.165) is 40.4 Å². The number of likely N-dealkylation sites (N-methyl/N-ethyl adjacent to an activating group) is 1. The molecule has 0 unspecified atom stereocenters. The van der Waals surface area contributed by atoms with Crippen LogP contribution in [-0.2, 0) is 6.54 Å². The molecule has 0 bridgehead atoms. The molecule has 0 aliphatic carbocycles. The molecular weight excluding hydrogens is 262 g/mol. The Labute approximate surface area is 125 Å². The van der Waals surface area contributed by atoms with Crippen molar-refractivity contribution in [2.24, 2.45) is 5.73 Å². The summed E-state index contributed by atoms with van der Waals surface area (Å²) in [5, 5.41) is 5.31. The van der Waals surface area contributed by atoms with Gasteiger partial charge in [0.25, 0.3) is 0 Å². The van der Waals surface area contributed by atoms with E-state index in [1.807, 2.05) is 61.6 Å². The summed E-state index contributed by atoms with van der Waals surface area (Å²) >= 11 is 0. The molecule has 4 nitrogen and oxygen atoms in total. The van der Waals surface area contributed by atoms with Crippen LogP contribution in [0.2, 0.25) is 0 Å². The van der Waals surface area contributed by atoms with E-state index in [0.29, 0.717) is 6.54 Å². The average molecular weight is 283 g/mol. The Kier molecular flexibility index (Phi) is 4.95. The van der Waals surface area contributed by atoms with Gasteiger partial charge in [0, 0.05) is 30.5 Å². The van der Waals surface area contributed by atoms with Crippen molar-refractivity contribution in [2.75, 3.05) is 20.6 Å². The smallest absolute Gasteiger partial charge is 0.150 e. The second kappa shape index (κ2) is 6.90. The van der Waals surface area contributed by atoms with E-state index in [1.54, 1.807) is 0 Å². The van der Waals surface area contributed by atoms with Crippen LogP contribution in [0, 0.1) is 0 Å². The Morgan fingerprint density at radius 3 is 2.57 bits per heavy atom. The van der Waals surface area contributed by atoms with Gasteiger partial charge in [-0.15, -0.1) is 0 Å². The van der Waals surface area contributed by atoms with Gasteiger partial charge in [0.05, 0.1) is 0 Å². The molecule has 0 saturated heterocycles. The number of carbonyl (C=O) groups is 1. The molecular formula is C17H21N3O. The Bertz CT molecular complexity index is 662. The van der Waals surface area contributed by atoms with Gasteiger partial charge < -0.3 is 16.0 Å². The summed E-state index contributed by atoms with van der Waals surface area (Å²) in [5.41, 5.74) is 8.56. The maximum absolute atomic E-state index is 11.1. The van der Waals surface area contributed by atoms with E-state index < -0.39 is 0 Å². The molecule has 0 amide bonds. The second-order valence-corrected chi connectivity index (χ2v) is 5.32. The number of rotatable bonds is 6. The summed E-state index contributed by atoms with van der Waals surface area (Å²) < 4.78 is 0. The Morgan fingerprint density at radius 2 is 1.90 bits per heavy atom. The lowest BCUT2D eigenvalue weighted by atomic mass is 10.00. The van der Waals surface area contributed by atoms with Crippen molar-refractivity contribution in [3.05, 3.63) is 59.4 Å². The lowest BCUT2D eigenvalue weighted by Gasteiger charge is -2.11. The molecule has 0 spiro atoms. The molecule has 21 heavy (non-hydrogen) atoms. The van der Waals surface area contributed by atoms with Crippen LogP contribution >= 0.6 is 0 Å². The first kappa shape index (κ1) is 15.1. The number of nitrogens with one attached hydrogen (secondary N) is 1. The normalized spacial score (nSPS) is 11.9. The van der Waals surface area contributed by atoms with Gasteiger partial charge in [-0.2, -0.15) is 0 Å². The average Bonchev–Trinajstić information content (AvgIpc) is 2.46. The monoisotopic (exact) mass is 283 g/mol. The maximum Gasteiger partial charge on any atom is 0.150 e. The highest BCUT2D eigenvalue weighted by atomic mass is 16.1. The number of carbonyl (C=O) groups excluding carboxylic acids is 1. The van der Waals surface area contributed by atoms with E-state index in [-0.39, 0.29) is 0 Å². The molecule has 0 aromatic heterocycles. The standard InChI is InChI=1S/C17H21N3O/c1-20(2)11-15(18)10-19-9-13-7-8-14(12-21)17-6-4-3-5-16(13)17/h3-8,10,12,19H,9,11,18H2,1-2H3/b15-10-. The zero-order valence-corrected chi connectivity index (χ0v) is 12.5. The van der Waals surface area contributed by atoms with Crippen molar-refractivity contribution in [1.29, 1.82) is 0 Å². The van der Waals surface area contributed by atoms with Crippen molar-refractivity contribution >= 4 is 17.1 Å². The summed E-state index contributed by atoms with van der Waals surface area (Å²) in [6.07, 6.45) is 2.73. The highest BCUT2D eigenvalue weighted by Gasteiger charge is 2.04. The van der Waals surface area contributed by atoms with Crippen LogP contribution in [0.1, 0.15) is 15.9 Å². The molecule has 0 saturated carbocycles. The molecule has 4 heteroatoms. The highest BCUT2D eigenvalue weighted by molar-refractivity contribution is 5.99. The predicted octanol–water partition coefficient (Wildman–Crippen LogP) is 2.10. The molecule has 0 atom stereocenters. The number of fused-ring (bicyclic) bond motifs is 1. The summed E-state index contributed by atoms with van der Waals surface area (Å²) in [7, 11) is 3.96. The van der Waals surface area contributed by atoms with Crippen molar-refractivity contribution in [2.45, 2.75) is 6.54 Å². The minimum atomic E-state index is 0.674. The van der Waals surface area contributed by atoms with Gasteiger partial charge in [-0.25, -0.2) is 0 Å². The topological polar surface area (TPSA) is 58.4 Å². The van der Waals surface area contributed by atoms with Crippen molar-refractivity contribution in [3.63, 3.8) is 0 Å². The van der Waals surface area contributed by atoms with Gasteiger partial charge in [-0.3, -0.25) is 4.79 Å². The van der Waals surface area contributed by atoms with E-state index in [2.05, 4.69) is 5.32 Å². The van der Waals surface area contributed by atoms with E-state index in [9.17, 15) is 4.79 Å². The van der Waals surface area contributed by atoms with Crippen LogP contribution in [0.15, 0.2) is 48.3 Å². The largest absolute Gasteiger partial charge is 0.400 e. The van der Waals surface area contributed by atoms with Gasteiger partial charge in [0.15, 0.2) is 6.29 Å². The van der Waals surface area contributed by atoms with Gasteiger partial charge >= 0.3 is 0 Å². The number of benzene rings is 2. The predicted molar refractivity (Wildman–Crippen MR) is 87.0 cm³/mol. The summed E-state index contributed by atoms with van der Waals surface area (Å²) in [5.74, 6) is 0. The first-order valence-electron chi connectivity index (χ1n) is 6.90. The molecule has 0 fully saturated rings. The number of aldehydes is 1. The van der Waals surface area contributed by atoms with Crippen LogP contribution < -0.4 is 11.1 Å². The van der Waals surface area contributed by atoms with Gasteiger partial charge in [-0.05, 0) is 30.4 Å². The fourth-order valence-electron chi connectivity index (χ4n) is 2.34. The Balaban J connectivity index is 2.18. The first-order valence-corrected chi connectivity index (χ1v) is 6.90. The zero-order chi connectivity index (χ0) is 15.2. The summed E-state index contributed by atoms with van der Waals surface area (Å²) in [4.78, 5) is 13.1. The molecule has 0 aliphatic heterocycles. The Morgan fingerprint density at radius 1 is 1.19 bits per heavy atom. The fraction of sp³-hybridized carbons (Fsp3) is 0.235. The van der Waals surface area contributed by atoms with Crippen LogP contribution in [0.25, 0.3) is 10.8 Å². The molecule has 3 N–H and O–H groups in total. The molecule has 2 aromatic carbocycles. The van der Waals surface area contributed by atoms with Gasteiger partial charge in [0.2, 0.25) is 0 Å². The molecule has 2 rings (SSSR count). The number of hydrogen-bond acceptors (Lipinski definition) is 4. The maximum atomic E-state index is 11.1. The minimum Gasteiger partial charge on any atom is -0.400 e. The van der Waals surface area contributed by atoms with E-state index in [1.165, 1.54) is 0 Å². The highest BCUT2D eigenvalue weighted by Crippen LogP contribution is 2.21. The molecule has 0 radical (unpaired) electrons. The minimum absolute atomic E-state index is 0.674. The van der Waals surface area contributed by atoms with E-state index in [4.69, 9.17) is 5.73 Å². The number of nitrogens with two attached hydrogens (primary N) is 1. The van der Waals surface area contributed by atoms with Crippen molar-refractivity contribution < 1.29 is 4.79 Å². The van der Waals surface area contributed by atoms with Crippen LogP contribution in [0.4, 0.5) is 0 Å². The Hall–Kier alpha value is -2.33. The summed E-state index contributed by atoms with van der Waals surface area (Å²) in [6, 6.07) is 11.8. The fourth-order valence-corrected chi connectivity index (χ4v) is 2.34. The number of hydrogen-bond donors (Lipinski definition) is 2. The third-order valence-corrected chi connectivity index (χ3v) is 3.25. The van der Waals surface area contributed by atoms with Gasteiger partial charge in [-0.1, -0.05) is 36.4 Å². The van der Waals surface area contributed by atoms with E-state index >= 15 is 0 Å². The van der Waals surface area contributed by atoms with Crippen molar-refractivity contribution in [1.82, 2.24) is 10.2 Å². The molecule has 0 heterocycles.